The fraction of sp³-hybridized carbons (Fsp3) is 0.800. The first-order valence-corrected chi connectivity index (χ1v) is 6.59. The van der Waals surface area contributed by atoms with Crippen LogP contribution in [0.2, 0.25) is 12.6 Å². The molecule has 0 aliphatic rings. The van der Waals surface area contributed by atoms with Crippen LogP contribution in [0.15, 0.2) is 0 Å². The molecular weight excluding hydrogens is 164 g/mol. The smallest absolute Gasteiger partial charge is 0.305 e. The van der Waals surface area contributed by atoms with Gasteiger partial charge in [0.25, 0.3) is 0 Å². The third kappa shape index (κ3) is 3.81. The summed E-state index contributed by atoms with van der Waals surface area (Å²) in [7, 11) is -0.371. The minimum Gasteiger partial charge on any atom is -0.481 e. The molecule has 2 unspecified atom stereocenters. The van der Waals surface area contributed by atoms with E-state index in [9.17, 15) is 4.79 Å². The van der Waals surface area contributed by atoms with E-state index in [1.807, 2.05) is 6.55 Å². The molecule has 0 aromatic rings. The lowest BCUT2D eigenvalue weighted by atomic mass is 10.2. The largest absolute Gasteiger partial charge is 0.481 e. The standard InChI is InChI=1S/C5H14O3Si2/c1-4(5(6)7)3-10(2)8-9/h4,10H,3H2,1-2,9H3,(H,6,7). The summed E-state index contributed by atoms with van der Waals surface area (Å²) in [5.74, 6) is -0.936. The van der Waals surface area contributed by atoms with Crippen molar-refractivity contribution in [3.63, 3.8) is 0 Å². The molecule has 10 heavy (non-hydrogen) atoms. The van der Waals surface area contributed by atoms with Gasteiger partial charge in [0.15, 0.2) is 9.04 Å². The second-order valence-corrected chi connectivity index (χ2v) is 6.50. The Morgan fingerprint density at radius 3 is 2.70 bits per heavy atom. The monoisotopic (exact) mass is 178 g/mol. The molecule has 60 valence electrons. The Bertz CT molecular complexity index is 117. The van der Waals surface area contributed by atoms with Gasteiger partial charge in [-0.15, -0.1) is 0 Å². The van der Waals surface area contributed by atoms with Gasteiger partial charge in [0.05, 0.1) is 5.92 Å². The van der Waals surface area contributed by atoms with Crippen LogP contribution in [0.4, 0.5) is 0 Å². The topological polar surface area (TPSA) is 46.5 Å². The predicted molar refractivity (Wildman–Crippen MR) is 45.6 cm³/mol. The van der Waals surface area contributed by atoms with Gasteiger partial charge in [-0.3, -0.25) is 4.79 Å². The third-order valence-electron chi connectivity index (χ3n) is 1.51. The zero-order valence-electron chi connectivity index (χ0n) is 6.63. The molecular formula is C5H14O3Si2. The number of carboxylic acids is 1. The lowest BCUT2D eigenvalue weighted by molar-refractivity contribution is -0.140. The van der Waals surface area contributed by atoms with Crippen LogP contribution in [0.5, 0.6) is 0 Å². The van der Waals surface area contributed by atoms with Gasteiger partial charge in [0.1, 0.15) is 10.5 Å². The van der Waals surface area contributed by atoms with E-state index in [1.165, 1.54) is 0 Å². The van der Waals surface area contributed by atoms with Crippen LogP contribution in [0, 0.1) is 5.92 Å². The summed E-state index contributed by atoms with van der Waals surface area (Å²) in [5.41, 5.74) is 0. The van der Waals surface area contributed by atoms with Gasteiger partial charge in [-0.2, -0.15) is 0 Å². The summed E-state index contributed by atoms with van der Waals surface area (Å²) < 4.78 is 5.19. The van der Waals surface area contributed by atoms with Gasteiger partial charge in [-0.05, 0) is 12.6 Å². The van der Waals surface area contributed by atoms with Crippen LogP contribution in [-0.2, 0) is 8.91 Å². The Morgan fingerprint density at radius 1 is 1.90 bits per heavy atom. The van der Waals surface area contributed by atoms with Gasteiger partial charge < -0.3 is 9.22 Å². The minimum absolute atomic E-state index is 0.226. The molecule has 0 aliphatic heterocycles. The molecule has 0 radical (unpaired) electrons. The fourth-order valence-electron chi connectivity index (χ4n) is 0.695. The van der Waals surface area contributed by atoms with Crippen LogP contribution < -0.4 is 0 Å². The molecule has 0 fully saturated rings. The highest BCUT2D eigenvalue weighted by atomic mass is 28.3. The Hall–Kier alpha value is -0.136. The molecule has 0 saturated heterocycles. The SMILES string of the molecule is CC(C[SiH](C)O[SiH3])C(=O)O. The molecule has 0 aliphatic carbocycles. The fourth-order valence-corrected chi connectivity index (χ4v) is 2.66. The normalized spacial score (nSPS) is 16.6. The average Bonchev–Trinajstić information content (AvgIpc) is 1.87. The lowest BCUT2D eigenvalue weighted by Crippen LogP contribution is -2.20. The predicted octanol–water partition coefficient (Wildman–Crippen LogP) is -0.642. The van der Waals surface area contributed by atoms with Crippen LogP contribution in [0.3, 0.4) is 0 Å². The molecule has 0 bridgehead atoms. The first kappa shape index (κ1) is 9.86. The Kier molecular flexibility index (Phi) is 4.58. The van der Waals surface area contributed by atoms with E-state index in [0.717, 1.165) is 16.5 Å². The summed E-state index contributed by atoms with van der Waals surface area (Å²) >= 11 is 0. The van der Waals surface area contributed by atoms with Crippen molar-refractivity contribution in [2.24, 2.45) is 5.92 Å². The minimum atomic E-state index is -1.11. The first-order valence-electron chi connectivity index (χ1n) is 3.33. The van der Waals surface area contributed by atoms with Crippen molar-refractivity contribution >= 4 is 25.5 Å². The molecule has 5 heteroatoms. The van der Waals surface area contributed by atoms with E-state index >= 15 is 0 Å². The molecule has 1 N–H and O–H groups in total. The number of rotatable bonds is 4. The second kappa shape index (κ2) is 4.64. The molecule has 0 spiro atoms. The summed E-state index contributed by atoms with van der Waals surface area (Å²) in [4.78, 5) is 10.3. The Labute approximate surface area is 65.7 Å². The highest BCUT2D eigenvalue weighted by molar-refractivity contribution is 6.54. The van der Waals surface area contributed by atoms with Crippen molar-refractivity contribution < 1.29 is 14.0 Å². The van der Waals surface area contributed by atoms with Crippen molar-refractivity contribution in [3.05, 3.63) is 0 Å². The van der Waals surface area contributed by atoms with Gasteiger partial charge >= 0.3 is 5.97 Å². The van der Waals surface area contributed by atoms with Gasteiger partial charge in [-0.1, -0.05) is 6.92 Å². The van der Waals surface area contributed by atoms with Crippen molar-refractivity contribution in [2.75, 3.05) is 0 Å². The molecule has 0 aromatic carbocycles. The van der Waals surface area contributed by atoms with E-state index in [4.69, 9.17) is 9.22 Å². The van der Waals surface area contributed by atoms with E-state index in [1.54, 1.807) is 6.92 Å². The van der Waals surface area contributed by atoms with Gasteiger partial charge in [-0.25, -0.2) is 0 Å². The van der Waals surface area contributed by atoms with E-state index in [2.05, 4.69) is 0 Å². The molecule has 2 atom stereocenters. The van der Waals surface area contributed by atoms with Crippen LogP contribution >= 0.6 is 0 Å². The maximum atomic E-state index is 10.3. The maximum Gasteiger partial charge on any atom is 0.305 e. The maximum absolute atomic E-state index is 10.3. The number of carbonyl (C=O) groups is 1. The Morgan fingerprint density at radius 2 is 2.40 bits per heavy atom. The lowest BCUT2D eigenvalue weighted by Gasteiger charge is -2.10. The molecule has 0 saturated carbocycles. The van der Waals surface area contributed by atoms with Crippen molar-refractivity contribution in [1.82, 2.24) is 0 Å². The molecule has 0 amide bonds. The summed E-state index contributed by atoms with van der Waals surface area (Å²) in [5, 5.41) is 8.50. The molecule has 0 rings (SSSR count). The van der Waals surface area contributed by atoms with Gasteiger partial charge in [0, 0.05) is 0 Å². The van der Waals surface area contributed by atoms with Crippen molar-refractivity contribution in [3.8, 4) is 0 Å². The van der Waals surface area contributed by atoms with Gasteiger partial charge in [0.2, 0.25) is 0 Å². The number of carboxylic acid groups (broad SMARTS) is 1. The quantitative estimate of drug-likeness (QED) is 0.582. The van der Waals surface area contributed by atoms with Crippen LogP contribution in [0.25, 0.3) is 0 Å². The molecule has 0 heterocycles. The Balaban J connectivity index is 3.56. The van der Waals surface area contributed by atoms with Crippen molar-refractivity contribution in [1.29, 1.82) is 0 Å². The van der Waals surface area contributed by atoms with Crippen molar-refractivity contribution in [2.45, 2.75) is 19.5 Å². The second-order valence-electron chi connectivity index (χ2n) is 2.52. The summed E-state index contributed by atoms with van der Waals surface area (Å²) in [6.07, 6.45) is 0. The number of hydrogen-bond acceptors (Lipinski definition) is 2. The summed E-state index contributed by atoms with van der Waals surface area (Å²) in [6.45, 7) is 3.76. The average molecular weight is 178 g/mol. The highest BCUT2D eigenvalue weighted by Crippen LogP contribution is 2.06. The highest BCUT2D eigenvalue weighted by Gasteiger charge is 2.14. The van der Waals surface area contributed by atoms with E-state index in [-0.39, 0.29) is 5.92 Å². The summed E-state index contributed by atoms with van der Waals surface area (Å²) in [6, 6.07) is 0.749. The van der Waals surface area contributed by atoms with E-state index in [0.29, 0.717) is 0 Å². The number of aliphatic carboxylic acids is 1. The van der Waals surface area contributed by atoms with Crippen LogP contribution in [0.1, 0.15) is 6.92 Å². The first-order chi connectivity index (χ1) is 4.57. The third-order valence-corrected chi connectivity index (χ3v) is 6.10. The van der Waals surface area contributed by atoms with E-state index < -0.39 is 15.0 Å². The van der Waals surface area contributed by atoms with Crippen LogP contribution in [-0.4, -0.2) is 30.6 Å². The zero-order chi connectivity index (χ0) is 8.15. The zero-order valence-corrected chi connectivity index (χ0v) is 9.78. The molecule has 0 aromatic heterocycles. The molecule has 3 nitrogen and oxygen atoms in total. The number of hydrogen-bond donors (Lipinski definition) is 1.